The van der Waals surface area contributed by atoms with E-state index in [0.717, 1.165) is 32.3 Å². The molecule has 25 heavy (non-hydrogen) atoms. The molecule has 0 radical (unpaired) electrons. The van der Waals surface area contributed by atoms with Gasteiger partial charge in [0.05, 0.1) is 17.5 Å². The van der Waals surface area contributed by atoms with Crippen molar-refractivity contribution < 1.29 is 4.79 Å². The molecule has 0 aliphatic rings. The molecule has 0 saturated heterocycles. The molecule has 3 heterocycles. The average Bonchev–Trinajstić information content (AvgIpc) is 3.12. The number of thiazole rings is 1. The minimum Gasteiger partial charge on any atom is -0.332 e. The number of nitrogens with zero attached hydrogens (tertiary/aromatic N) is 5. The third-order valence-electron chi connectivity index (χ3n) is 3.94. The predicted molar refractivity (Wildman–Crippen MR) is 101 cm³/mol. The Kier molecular flexibility index (Phi) is 5.04. The zero-order chi connectivity index (χ0) is 17.8. The van der Waals surface area contributed by atoms with E-state index in [1.807, 2.05) is 36.7 Å². The molecule has 1 amide bonds. The first-order valence-electron chi connectivity index (χ1n) is 7.85. The summed E-state index contributed by atoms with van der Waals surface area (Å²) < 4.78 is 3.12. The van der Waals surface area contributed by atoms with Crippen molar-refractivity contribution >= 4 is 34.3 Å². The van der Waals surface area contributed by atoms with Gasteiger partial charge in [-0.3, -0.25) is 9.78 Å². The summed E-state index contributed by atoms with van der Waals surface area (Å²) in [6, 6.07) is 5.88. The fraction of sp³-hybridized carbons (Fsp3) is 0.222. The molecular weight excluding hydrogens is 334 g/mol. The van der Waals surface area contributed by atoms with E-state index < -0.39 is 0 Å². The van der Waals surface area contributed by atoms with Gasteiger partial charge in [0.1, 0.15) is 5.01 Å². The molecule has 0 aliphatic carbocycles. The number of hydrogen-bond acceptors (Lipinski definition) is 5. The van der Waals surface area contributed by atoms with E-state index in [2.05, 4.69) is 16.7 Å². The molecule has 0 aliphatic heterocycles. The number of hydrogen-bond donors (Lipinski definition) is 0. The average molecular weight is 353 g/mol. The number of carbonyl (C=O) groups excluding carboxylic acids is 1. The van der Waals surface area contributed by atoms with Crippen LogP contribution in [0.15, 0.2) is 42.2 Å². The maximum Gasteiger partial charge on any atom is 0.230 e. The molecule has 3 rings (SSSR count). The zero-order valence-corrected chi connectivity index (χ0v) is 15.0. The van der Waals surface area contributed by atoms with Crippen LogP contribution >= 0.6 is 11.3 Å². The van der Waals surface area contributed by atoms with Crippen LogP contribution in [0.5, 0.6) is 0 Å². The van der Waals surface area contributed by atoms with Crippen molar-refractivity contribution in [3.63, 3.8) is 0 Å². The van der Waals surface area contributed by atoms with Gasteiger partial charge in [-0.05, 0) is 19.1 Å². The first kappa shape index (κ1) is 17.0. The summed E-state index contributed by atoms with van der Waals surface area (Å²) in [4.78, 5) is 20.1. The van der Waals surface area contributed by atoms with Crippen LogP contribution in [0, 0.1) is 6.92 Å². The second kappa shape index (κ2) is 7.40. The second-order valence-electron chi connectivity index (χ2n) is 5.58. The second-order valence-corrected chi connectivity index (χ2v) is 6.66. The van der Waals surface area contributed by atoms with Crippen molar-refractivity contribution in [3.05, 3.63) is 59.0 Å². The smallest absolute Gasteiger partial charge is 0.230 e. The topological polar surface area (TPSA) is 63.4 Å². The molecule has 6 nitrogen and oxygen atoms in total. The summed E-state index contributed by atoms with van der Waals surface area (Å²) in [6.07, 6.45) is 6.53. The van der Waals surface area contributed by atoms with E-state index in [1.165, 1.54) is 5.01 Å². The number of amides is 1. The van der Waals surface area contributed by atoms with Gasteiger partial charge in [-0.15, -0.1) is 17.9 Å². The van der Waals surface area contributed by atoms with E-state index in [9.17, 15) is 4.79 Å². The summed E-state index contributed by atoms with van der Waals surface area (Å²) >= 11 is 1.64. The lowest BCUT2D eigenvalue weighted by Crippen LogP contribution is -2.14. The van der Waals surface area contributed by atoms with Gasteiger partial charge in [0, 0.05) is 36.6 Å². The lowest BCUT2D eigenvalue weighted by molar-refractivity contribution is -0.117. The van der Waals surface area contributed by atoms with Gasteiger partial charge < -0.3 is 4.57 Å². The molecule has 3 aromatic heterocycles. The summed E-state index contributed by atoms with van der Waals surface area (Å²) in [5.74, 6) is 0. The minimum absolute atomic E-state index is 0.378. The molecule has 0 aromatic carbocycles. The highest BCUT2D eigenvalue weighted by Crippen LogP contribution is 2.30. The van der Waals surface area contributed by atoms with Crippen LogP contribution in [0.25, 0.3) is 10.3 Å². The molecule has 0 N–H and O–H groups in total. The number of pyridine rings is 1. The lowest BCUT2D eigenvalue weighted by Gasteiger charge is -2.06. The summed E-state index contributed by atoms with van der Waals surface area (Å²) in [7, 11) is 1.99. The molecule has 7 heteroatoms. The van der Waals surface area contributed by atoms with Crippen LogP contribution in [0.1, 0.15) is 22.0 Å². The Morgan fingerprint density at radius 2 is 2.28 bits per heavy atom. The Hall–Kier alpha value is -2.80. The van der Waals surface area contributed by atoms with Crippen LogP contribution in [0.2, 0.25) is 0 Å². The fourth-order valence-corrected chi connectivity index (χ4v) is 3.70. The predicted octanol–water partition coefficient (Wildman–Crippen LogP) is 2.91. The third kappa shape index (κ3) is 3.51. The van der Waals surface area contributed by atoms with E-state index in [1.54, 1.807) is 29.8 Å². The number of aryl methyl sites for hydroxylation is 1. The first-order chi connectivity index (χ1) is 12.1. The Bertz CT molecular complexity index is 926. The van der Waals surface area contributed by atoms with E-state index in [-0.39, 0.29) is 0 Å². The van der Waals surface area contributed by atoms with Crippen LogP contribution in [-0.4, -0.2) is 38.7 Å². The van der Waals surface area contributed by atoms with Crippen molar-refractivity contribution in [2.45, 2.75) is 13.3 Å². The number of fused-ring (bicyclic) bond motifs is 1. The molecule has 0 unspecified atom stereocenters. The van der Waals surface area contributed by atoms with E-state index >= 15 is 0 Å². The monoisotopic (exact) mass is 353 g/mol. The van der Waals surface area contributed by atoms with Gasteiger partial charge in [0.2, 0.25) is 6.41 Å². The zero-order valence-electron chi connectivity index (χ0n) is 14.2. The van der Waals surface area contributed by atoms with Crippen LogP contribution in [-0.2, 0) is 18.3 Å². The lowest BCUT2D eigenvalue weighted by atomic mass is 10.3. The largest absolute Gasteiger partial charge is 0.332 e. The van der Waals surface area contributed by atoms with Crippen molar-refractivity contribution in [1.82, 2.24) is 19.5 Å². The maximum absolute atomic E-state index is 11.0. The van der Waals surface area contributed by atoms with Crippen molar-refractivity contribution in [3.8, 4) is 0 Å². The van der Waals surface area contributed by atoms with E-state index in [4.69, 9.17) is 4.98 Å². The molecule has 128 valence electrons. The summed E-state index contributed by atoms with van der Waals surface area (Å²) in [5, 5.41) is 6.56. The quantitative estimate of drug-likeness (QED) is 0.284. The van der Waals surface area contributed by atoms with Gasteiger partial charge in [-0.25, -0.2) is 9.99 Å². The molecule has 0 bridgehead atoms. The highest BCUT2D eigenvalue weighted by Gasteiger charge is 2.16. The Morgan fingerprint density at radius 3 is 2.96 bits per heavy atom. The molecular formula is C18H19N5OS. The third-order valence-corrected chi connectivity index (χ3v) is 5.02. The molecule has 0 saturated carbocycles. The van der Waals surface area contributed by atoms with Gasteiger partial charge in [-0.2, -0.15) is 5.10 Å². The molecule has 0 fully saturated rings. The Morgan fingerprint density at radius 1 is 1.44 bits per heavy atom. The normalized spacial score (nSPS) is 11.3. The molecule has 3 aromatic rings. The number of rotatable bonds is 7. The first-order valence-corrected chi connectivity index (χ1v) is 8.67. The summed E-state index contributed by atoms with van der Waals surface area (Å²) in [5.41, 5.74) is 3.97. The van der Waals surface area contributed by atoms with Crippen molar-refractivity contribution in [2.24, 2.45) is 12.1 Å². The SMILES string of the molecule is C=CCN(C=O)/N=C\c1c(C)n(C)c2nc(Cc3ccccn3)sc12. The van der Waals surface area contributed by atoms with E-state index in [0.29, 0.717) is 19.4 Å². The van der Waals surface area contributed by atoms with Crippen LogP contribution in [0.3, 0.4) is 0 Å². The van der Waals surface area contributed by atoms with Gasteiger partial charge in [-0.1, -0.05) is 12.1 Å². The van der Waals surface area contributed by atoms with Gasteiger partial charge in [0.25, 0.3) is 0 Å². The molecule has 0 atom stereocenters. The van der Waals surface area contributed by atoms with Crippen molar-refractivity contribution in [2.75, 3.05) is 6.54 Å². The minimum atomic E-state index is 0.378. The number of aromatic nitrogens is 3. The highest BCUT2D eigenvalue weighted by molar-refractivity contribution is 7.19. The standard InChI is InChI=1S/C18H19N5OS/c1-4-9-23(12-24)20-11-15-13(2)22(3)18-17(15)25-16(21-18)10-14-7-5-6-8-19-14/h4-8,11-12H,1,9-10H2,2-3H3/b20-11-. The Labute approximate surface area is 150 Å². The number of hydrazone groups is 1. The highest BCUT2D eigenvalue weighted by atomic mass is 32.1. The molecule has 0 spiro atoms. The maximum atomic E-state index is 11.0. The van der Waals surface area contributed by atoms with Crippen molar-refractivity contribution in [1.29, 1.82) is 0 Å². The van der Waals surface area contributed by atoms with Gasteiger partial charge in [0.15, 0.2) is 5.65 Å². The Balaban J connectivity index is 1.95. The fourth-order valence-electron chi connectivity index (χ4n) is 2.53. The van der Waals surface area contributed by atoms with Crippen LogP contribution < -0.4 is 0 Å². The van der Waals surface area contributed by atoms with Gasteiger partial charge >= 0.3 is 0 Å². The number of carbonyl (C=O) groups is 1. The van der Waals surface area contributed by atoms with Crippen LogP contribution in [0.4, 0.5) is 0 Å². The summed E-state index contributed by atoms with van der Waals surface area (Å²) in [6.45, 7) is 6.02.